The normalized spacial score (nSPS) is 20.7. The smallest absolute Gasteiger partial charge is 0.321 e. The molecular weight excluding hydrogens is 396 g/mol. The molecule has 1 unspecified atom stereocenters. The van der Waals surface area contributed by atoms with Gasteiger partial charge in [0.2, 0.25) is 0 Å². The fourth-order valence-corrected chi connectivity index (χ4v) is 4.65. The minimum Gasteiger partial charge on any atom is -0.375 e. The van der Waals surface area contributed by atoms with E-state index in [0.29, 0.717) is 31.5 Å². The number of anilines is 1. The number of amides is 2. The van der Waals surface area contributed by atoms with Crippen LogP contribution in [0.4, 0.5) is 10.5 Å². The zero-order valence-electron chi connectivity index (χ0n) is 18.4. The van der Waals surface area contributed by atoms with Crippen LogP contribution in [0.2, 0.25) is 0 Å². The highest BCUT2D eigenvalue weighted by molar-refractivity contribution is 5.89. The monoisotopic (exact) mass is 428 g/mol. The van der Waals surface area contributed by atoms with Crippen LogP contribution in [-0.2, 0) is 28.9 Å². The lowest BCUT2D eigenvalue weighted by Crippen LogP contribution is -2.51. The molecule has 1 spiro atoms. The number of urea groups is 1. The summed E-state index contributed by atoms with van der Waals surface area (Å²) >= 11 is 0. The molecule has 8 nitrogen and oxygen atoms in total. The molecule has 1 aromatic carbocycles. The molecule has 8 heteroatoms. The summed E-state index contributed by atoms with van der Waals surface area (Å²) in [6.45, 7) is 4.59. The summed E-state index contributed by atoms with van der Waals surface area (Å²) in [5.41, 5.74) is 1.92. The minimum atomic E-state index is -0.152. The molecular formula is C23H32N4O4. The van der Waals surface area contributed by atoms with Crippen molar-refractivity contribution in [3.8, 4) is 0 Å². The largest absolute Gasteiger partial charge is 0.375 e. The van der Waals surface area contributed by atoms with Crippen molar-refractivity contribution in [3.05, 3.63) is 41.5 Å². The second-order valence-corrected chi connectivity index (χ2v) is 8.60. The number of methoxy groups -OCH3 is 1. The summed E-state index contributed by atoms with van der Waals surface area (Å²) in [6, 6.07) is 8.00. The van der Waals surface area contributed by atoms with Gasteiger partial charge in [0.25, 0.3) is 5.89 Å². The lowest BCUT2D eigenvalue weighted by atomic mass is 9.78. The number of nitrogens with one attached hydrogen (secondary N) is 1. The molecule has 0 aliphatic carbocycles. The molecule has 1 N–H and O–H groups in total. The molecule has 168 valence electrons. The lowest BCUT2D eigenvalue weighted by molar-refractivity contribution is -0.122. The first-order chi connectivity index (χ1) is 15.1. The second kappa shape index (κ2) is 9.78. The summed E-state index contributed by atoms with van der Waals surface area (Å²) in [4.78, 5) is 19.0. The molecule has 31 heavy (non-hydrogen) atoms. The maximum absolute atomic E-state index is 12.7. The third-order valence-corrected chi connectivity index (χ3v) is 6.39. The van der Waals surface area contributed by atoms with Gasteiger partial charge in [-0.3, -0.25) is 0 Å². The average Bonchev–Trinajstić information content (AvgIpc) is 3.21. The van der Waals surface area contributed by atoms with Gasteiger partial charge in [-0.1, -0.05) is 24.2 Å². The number of ether oxygens (including phenoxy) is 2. The highest BCUT2D eigenvalue weighted by Crippen LogP contribution is 2.38. The van der Waals surface area contributed by atoms with E-state index in [0.717, 1.165) is 56.6 Å². The summed E-state index contributed by atoms with van der Waals surface area (Å²) in [5, 5.41) is 7.12. The number of rotatable bonds is 6. The molecule has 2 aliphatic heterocycles. The zero-order valence-corrected chi connectivity index (χ0v) is 18.4. The fraction of sp³-hybridized carbons (Fsp3) is 0.609. The first-order valence-corrected chi connectivity index (χ1v) is 11.2. The van der Waals surface area contributed by atoms with Crippen molar-refractivity contribution >= 4 is 11.7 Å². The Labute approximate surface area is 183 Å². The maximum atomic E-state index is 12.7. The van der Waals surface area contributed by atoms with E-state index in [1.165, 1.54) is 5.56 Å². The standard InChI is InChI=1S/C23H32N4O4/c1-3-17-5-4-6-19(13-17)24-22(28)27-10-8-23(9-11-27)15-18(7-12-30-23)14-20-25-21(16-29-2)31-26-20/h4-6,13,18H,3,7-12,14-16H2,1-2H3,(H,24,28). The van der Waals surface area contributed by atoms with Crippen LogP contribution in [0.1, 0.15) is 49.9 Å². The molecule has 3 heterocycles. The average molecular weight is 429 g/mol. The number of benzene rings is 1. The Morgan fingerprint density at radius 1 is 1.35 bits per heavy atom. The van der Waals surface area contributed by atoms with E-state index in [1.807, 2.05) is 23.1 Å². The van der Waals surface area contributed by atoms with Crippen molar-refractivity contribution < 1.29 is 18.8 Å². The van der Waals surface area contributed by atoms with Crippen LogP contribution in [0.15, 0.2) is 28.8 Å². The molecule has 0 radical (unpaired) electrons. The van der Waals surface area contributed by atoms with Crippen molar-refractivity contribution in [2.45, 2.75) is 57.7 Å². The molecule has 2 aromatic rings. The Morgan fingerprint density at radius 2 is 2.19 bits per heavy atom. The van der Waals surface area contributed by atoms with E-state index in [2.05, 4.69) is 28.4 Å². The van der Waals surface area contributed by atoms with Gasteiger partial charge in [0.15, 0.2) is 5.82 Å². The predicted molar refractivity (Wildman–Crippen MR) is 116 cm³/mol. The Morgan fingerprint density at radius 3 is 2.97 bits per heavy atom. The predicted octanol–water partition coefficient (Wildman–Crippen LogP) is 3.81. The van der Waals surface area contributed by atoms with Gasteiger partial charge in [0.05, 0.1) is 5.60 Å². The first kappa shape index (κ1) is 21.8. The van der Waals surface area contributed by atoms with Gasteiger partial charge in [0, 0.05) is 38.9 Å². The number of carbonyl (C=O) groups excluding carboxylic acids is 1. The third kappa shape index (κ3) is 5.43. The molecule has 1 aromatic heterocycles. The van der Waals surface area contributed by atoms with Gasteiger partial charge in [-0.05, 0) is 55.7 Å². The van der Waals surface area contributed by atoms with Crippen LogP contribution < -0.4 is 5.32 Å². The number of piperidine rings is 1. The van der Waals surface area contributed by atoms with Crippen molar-refractivity contribution in [2.24, 2.45) is 5.92 Å². The van der Waals surface area contributed by atoms with Gasteiger partial charge < -0.3 is 24.2 Å². The number of hydrogen-bond donors (Lipinski definition) is 1. The SMILES string of the molecule is CCc1cccc(NC(=O)N2CCC3(CC2)CC(Cc2noc(COC)n2)CCO3)c1. The van der Waals surface area contributed by atoms with E-state index in [4.69, 9.17) is 14.0 Å². The molecule has 4 rings (SSSR count). The second-order valence-electron chi connectivity index (χ2n) is 8.60. The van der Waals surface area contributed by atoms with E-state index in [9.17, 15) is 4.79 Å². The number of aromatic nitrogens is 2. The Kier molecular flexibility index (Phi) is 6.87. The van der Waals surface area contributed by atoms with Crippen molar-refractivity contribution in [2.75, 3.05) is 32.1 Å². The number of nitrogens with zero attached hydrogens (tertiary/aromatic N) is 3. The van der Waals surface area contributed by atoms with Crippen LogP contribution in [0.3, 0.4) is 0 Å². The summed E-state index contributed by atoms with van der Waals surface area (Å²) in [6.07, 6.45) is 5.41. The van der Waals surface area contributed by atoms with Gasteiger partial charge in [0.1, 0.15) is 6.61 Å². The molecule has 2 fully saturated rings. The molecule has 2 saturated heterocycles. The minimum absolute atomic E-state index is 0.0343. The van der Waals surface area contributed by atoms with Crippen LogP contribution in [0, 0.1) is 5.92 Å². The highest BCUT2D eigenvalue weighted by Gasteiger charge is 2.41. The Balaban J connectivity index is 1.29. The lowest BCUT2D eigenvalue weighted by Gasteiger charge is -2.46. The van der Waals surface area contributed by atoms with E-state index >= 15 is 0 Å². The van der Waals surface area contributed by atoms with Crippen molar-refractivity contribution in [1.29, 1.82) is 0 Å². The van der Waals surface area contributed by atoms with Gasteiger partial charge >= 0.3 is 6.03 Å². The van der Waals surface area contributed by atoms with Gasteiger partial charge in [-0.25, -0.2) is 4.79 Å². The van der Waals surface area contributed by atoms with Crippen molar-refractivity contribution in [3.63, 3.8) is 0 Å². The molecule has 0 bridgehead atoms. The third-order valence-electron chi connectivity index (χ3n) is 6.39. The zero-order chi connectivity index (χ0) is 21.7. The quantitative estimate of drug-likeness (QED) is 0.752. The molecule has 1 atom stereocenters. The van der Waals surface area contributed by atoms with Gasteiger partial charge in [-0.15, -0.1) is 0 Å². The van der Waals surface area contributed by atoms with Crippen LogP contribution in [0.5, 0.6) is 0 Å². The maximum Gasteiger partial charge on any atom is 0.321 e. The number of carbonyl (C=O) groups is 1. The highest BCUT2D eigenvalue weighted by atomic mass is 16.5. The van der Waals surface area contributed by atoms with Crippen LogP contribution in [-0.4, -0.2) is 53.5 Å². The van der Waals surface area contributed by atoms with E-state index in [-0.39, 0.29) is 11.6 Å². The Bertz CT molecular complexity index is 876. The molecule has 0 saturated carbocycles. The topological polar surface area (TPSA) is 89.7 Å². The number of hydrogen-bond acceptors (Lipinski definition) is 6. The Hall–Kier alpha value is -2.45. The van der Waals surface area contributed by atoms with Crippen molar-refractivity contribution in [1.82, 2.24) is 15.0 Å². The number of likely N-dealkylation sites (tertiary alicyclic amines) is 1. The fourth-order valence-electron chi connectivity index (χ4n) is 4.65. The van der Waals surface area contributed by atoms with E-state index in [1.54, 1.807) is 7.11 Å². The van der Waals surface area contributed by atoms with Crippen LogP contribution >= 0.6 is 0 Å². The summed E-state index contributed by atoms with van der Waals surface area (Å²) < 4.78 is 16.5. The van der Waals surface area contributed by atoms with E-state index < -0.39 is 0 Å². The molecule has 2 amide bonds. The summed E-state index contributed by atoms with van der Waals surface area (Å²) in [5.74, 6) is 1.71. The first-order valence-electron chi connectivity index (χ1n) is 11.2. The van der Waals surface area contributed by atoms with Crippen LogP contribution in [0.25, 0.3) is 0 Å². The number of aryl methyl sites for hydroxylation is 1. The summed E-state index contributed by atoms with van der Waals surface area (Å²) in [7, 11) is 1.61. The molecule has 2 aliphatic rings. The van der Waals surface area contributed by atoms with Gasteiger partial charge in [-0.2, -0.15) is 4.98 Å².